The number of hydrogen-bond acceptors (Lipinski definition) is 7. The number of amides is 1. The Balaban J connectivity index is 1.39. The van der Waals surface area contributed by atoms with Gasteiger partial charge < -0.3 is 15.1 Å². The van der Waals surface area contributed by atoms with E-state index in [1.54, 1.807) is 6.26 Å². The van der Waals surface area contributed by atoms with Gasteiger partial charge in [-0.1, -0.05) is 30.3 Å². The van der Waals surface area contributed by atoms with E-state index in [1.807, 2.05) is 36.4 Å². The molecule has 9 nitrogen and oxygen atoms in total. The minimum Gasteiger partial charge on any atom is -0.464 e. The summed E-state index contributed by atoms with van der Waals surface area (Å²) in [6, 6.07) is 15.4. The molecule has 0 unspecified atom stereocenters. The number of carbonyl (C=O) groups is 1. The van der Waals surface area contributed by atoms with Gasteiger partial charge in [-0.3, -0.25) is 14.9 Å². The van der Waals surface area contributed by atoms with Gasteiger partial charge in [0.25, 0.3) is 5.69 Å². The van der Waals surface area contributed by atoms with Crippen molar-refractivity contribution < 1.29 is 22.6 Å². The van der Waals surface area contributed by atoms with E-state index in [9.17, 15) is 23.3 Å². The summed E-state index contributed by atoms with van der Waals surface area (Å²) in [4.78, 5) is 23.0. The van der Waals surface area contributed by atoms with Crippen molar-refractivity contribution in [3.8, 4) is 0 Å². The number of sulfone groups is 1. The third-order valence-electron chi connectivity index (χ3n) is 5.25. The molecule has 4 aromatic rings. The van der Waals surface area contributed by atoms with Gasteiger partial charge in [0.15, 0.2) is 9.84 Å². The molecule has 170 valence electrons. The summed E-state index contributed by atoms with van der Waals surface area (Å²) in [5.41, 5.74) is 1.32. The molecule has 0 atom stereocenters. The van der Waals surface area contributed by atoms with Gasteiger partial charge in [-0.2, -0.15) is 0 Å². The highest BCUT2D eigenvalue weighted by atomic mass is 32.2. The van der Waals surface area contributed by atoms with Crippen LogP contribution in [0.25, 0.3) is 21.7 Å². The third kappa shape index (κ3) is 4.80. The maximum atomic E-state index is 12.5. The molecule has 0 saturated carbocycles. The molecule has 0 saturated heterocycles. The molecule has 0 radical (unpaired) electrons. The molecular weight excluding hydrogens is 446 g/mol. The molecule has 1 amide bonds. The van der Waals surface area contributed by atoms with Crippen molar-refractivity contribution in [1.82, 2.24) is 5.32 Å². The Morgan fingerprint density at radius 2 is 1.88 bits per heavy atom. The van der Waals surface area contributed by atoms with Crippen LogP contribution in [0.5, 0.6) is 0 Å². The first-order valence-corrected chi connectivity index (χ1v) is 12.0. The van der Waals surface area contributed by atoms with Gasteiger partial charge in [-0.25, -0.2) is 8.42 Å². The lowest BCUT2D eigenvalue weighted by molar-refractivity contribution is -0.384. The first-order chi connectivity index (χ1) is 15.7. The van der Waals surface area contributed by atoms with E-state index in [0.29, 0.717) is 5.58 Å². The smallest absolute Gasteiger partial charge is 0.293 e. The normalized spacial score (nSPS) is 11.5. The second-order valence-electron chi connectivity index (χ2n) is 7.58. The lowest BCUT2D eigenvalue weighted by Crippen LogP contribution is -2.30. The second kappa shape index (κ2) is 8.91. The number of nitrogens with zero attached hydrogens (tertiary/aromatic N) is 1. The highest BCUT2D eigenvalue weighted by Gasteiger charge is 2.18. The summed E-state index contributed by atoms with van der Waals surface area (Å²) in [7, 11) is -3.56. The number of fused-ring (bicyclic) bond motifs is 3. The molecule has 0 fully saturated rings. The summed E-state index contributed by atoms with van der Waals surface area (Å²) in [5.74, 6) is -0.214. The van der Waals surface area contributed by atoms with Crippen LogP contribution in [0.4, 0.5) is 11.4 Å². The molecule has 0 aliphatic carbocycles. The molecular formula is C23H21N3O6S. The van der Waals surface area contributed by atoms with Crippen LogP contribution in [0.3, 0.4) is 0 Å². The summed E-state index contributed by atoms with van der Waals surface area (Å²) < 4.78 is 28.9. The largest absolute Gasteiger partial charge is 0.464 e. The Morgan fingerprint density at radius 3 is 2.64 bits per heavy atom. The van der Waals surface area contributed by atoms with Gasteiger partial charge in [-0.05, 0) is 29.0 Å². The van der Waals surface area contributed by atoms with Crippen LogP contribution >= 0.6 is 0 Å². The standard InChI is InChI=1S/C23H21N3O6S/c1-33(30,31)17-7-8-19(20(13-17)26(28)29)24-10-11-25-22(27)12-16-14-32-21-9-6-15-4-2-3-5-18(15)23(16)21/h2-9,13-14,24H,10-12H2,1H3,(H,25,27). The highest BCUT2D eigenvalue weighted by molar-refractivity contribution is 7.90. The maximum Gasteiger partial charge on any atom is 0.293 e. The first-order valence-electron chi connectivity index (χ1n) is 10.1. The molecule has 2 N–H and O–H groups in total. The van der Waals surface area contributed by atoms with Crippen molar-refractivity contribution in [2.24, 2.45) is 0 Å². The van der Waals surface area contributed by atoms with Crippen LogP contribution in [0.15, 0.2) is 70.2 Å². The summed E-state index contributed by atoms with van der Waals surface area (Å²) in [5, 5.41) is 19.9. The van der Waals surface area contributed by atoms with Crippen LogP contribution in [0.1, 0.15) is 5.56 Å². The number of nitro groups is 1. The van der Waals surface area contributed by atoms with Crippen molar-refractivity contribution in [2.75, 3.05) is 24.7 Å². The van der Waals surface area contributed by atoms with E-state index in [-0.39, 0.29) is 41.7 Å². The van der Waals surface area contributed by atoms with Crippen molar-refractivity contribution >= 4 is 48.9 Å². The predicted octanol–water partition coefficient (Wildman–Crippen LogP) is 3.67. The van der Waals surface area contributed by atoms with Crippen molar-refractivity contribution in [1.29, 1.82) is 0 Å². The van der Waals surface area contributed by atoms with E-state index in [4.69, 9.17) is 4.42 Å². The summed E-state index contributed by atoms with van der Waals surface area (Å²) in [6.07, 6.45) is 2.70. The van der Waals surface area contributed by atoms with E-state index < -0.39 is 14.8 Å². The molecule has 0 spiro atoms. The molecule has 0 bridgehead atoms. The summed E-state index contributed by atoms with van der Waals surface area (Å²) in [6.45, 7) is 0.445. The maximum absolute atomic E-state index is 12.5. The monoisotopic (exact) mass is 467 g/mol. The molecule has 1 heterocycles. The molecule has 1 aromatic heterocycles. The molecule has 33 heavy (non-hydrogen) atoms. The number of anilines is 1. The zero-order chi connectivity index (χ0) is 23.6. The molecule has 3 aromatic carbocycles. The predicted molar refractivity (Wildman–Crippen MR) is 125 cm³/mol. The first kappa shape index (κ1) is 22.3. The quantitative estimate of drug-likeness (QED) is 0.230. The number of carbonyl (C=O) groups excluding carboxylic acids is 1. The Bertz CT molecular complexity index is 1480. The Hall–Kier alpha value is -3.92. The average Bonchev–Trinajstić information content (AvgIpc) is 3.19. The molecule has 0 aliphatic rings. The molecule has 0 aliphatic heterocycles. The zero-order valence-electron chi connectivity index (χ0n) is 17.7. The van der Waals surface area contributed by atoms with Gasteiger partial charge in [-0.15, -0.1) is 0 Å². The Kier molecular flexibility index (Phi) is 6.01. The number of nitrogens with one attached hydrogen (secondary N) is 2. The average molecular weight is 468 g/mol. The second-order valence-corrected chi connectivity index (χ2v) is 9.60. The van der Waals surface area contributed by atoms with Crippen molar-refractivity contribution in [3.05, 3.63) is 76.5 Å². The number of nitro benzene ring substituents is 1. The zero-order valence-corrected chi connectivity index (χ0v) is 18.5. The fraction of sp³-hybridized carbons (Fsp3) is 0.174. The minimum atomic E-state index is -3.56. The lowest BCUT2D eigenvalue weighted by atomic mass is 10.0. The van der Waals surface area contributed by atoms with Gasteiger partial charge in [0.05, 0.1) is 22.5 Å². The van der Waals surface area contributed by atoms with Gasteiger partial charge in [0.1, 0.15) is 11.3 Å². The Morgan fingerprint density at radius 1 is 1.09 bits per heavy atom. The Labute approximate surface area is 189 Å². The topological polar surface area (TPSA) is 132 Å². The van der Waals surface area contributed by atoms with E-state index >= 15 is 0 Å². The van der Waals surface area contributed by atoms with E-state index in [2.05, 4.69) is 10.6 Å². The summed E-state index contributed by atoms with van der Waals surface area (Å²) >= 11 is 0. The SMILES string of the molecule is CS(=O)(=O)c1ccc(NCCNC(=O)Cc2coc3ccc4ccccc4c23)c([N+](=O)[O-])c1. The third-order valence-corrected chi connectivity index (χ3v) is 6.36. The van der Waals surface area contributed by atoms with Crippen LogP contribution < -0.4 is 10.6 Å². The molecule has 4 rings (SSSR count). The van der Waals surface area contributed by atoms with Gasteiger partial charge >= 0.3 is 0 Å². The number of rotatable bonds is 8. The van der Waals surface area contributed by atoms with Crippen molar-refractivity contribution in [3.63, 3.8) is 0 Å². The fourth-order valence-corrected chi connectivity index (χ4v) is 4.32. The van der Waals surface area contributed by atoms with Crippen LogP contribution in [-0.4, -0.2) is 38.6 Å². The van der Waals surface area contributed by atoms with Crippen molar-refractivity contribution in [2.45, 2.75) is 11.3 Å². The minimum absolute atomic E-state index is 0.129. The van der Waals surface area contributed by atoms with Crippen LogP contribution in [0, 0.1) is 10.1 Å². The lowest BCUT2D eigenvalue weighted by Gasteiger charge is -2.09. The number of hydrogen-bond donors (Lipinski definition) is 2. The van der Waals surface area contributed by atoms with Gasteiger partial charge in [0, 0.05) is 36.4 Å². The van der Waals surface area contributed by atoms with E-state index in [1.165, 1.54) is 12.1 Å². The van der Waals surface area contributed by atoms with Gasteiger partial charge in [0.2, 0.25) is 5.91 Å². The highest BCUT2D eigenvalue weighted by Crippen LogP contribution is 2.30. The number of furan rings is 1. The van der Waals surface area contributed by atoms with E-state index in [0.717, 1.165) is 34.0 Å². The number of benzene rings is 3. The van der Waals surface area contributed by atoms with Crippen LogP contribution in [-0.2, 0) is 21.1 Å². The molecule has 10 heteroatoms. The van der Waals surface area contributed by atoms with Crippen LogP contribution in [0.2, 0.25) is 0 Å². The fourth-order valence-electron chi connectivity index (χ4n) is 3.68.